The molecule has 0 unspecified atom stereocenters. The monoisotopic (exact) mass is 324 g/mol. The summed E-state index contributed by atoms with van der Waals surface area (Å²) in [5.74, 6) is 0. The van der Waals surface area contributed by atoms with E-state index in [1.54, 1.807) is 13.3 Å². The molecule has 1 N–H and O–H groups in total. The van der Waals surface area contributed by atoms with Gasteiger partial charge in [-0.25, -0.2) is 0 Å². The van der Waals surface area contributed by atoms with Crippen LogP contribution in [0.2, 0.25) is 0 Å². The first-order chi connectivity index (χ1) is 9.29. The van der Waals surface area contributed by atoms with Crippen LogP contribution in [0.1, 0.15) is 11.4 Å². The van der Waals surface area contributed by atoms with Crippen LogP contribution < -0.4 is 5.32 Å². The van der Waals surface area contributed by atoms with Crippen molar-refractivity contribution in [2.45, 2.75) is 13.1 Å². The Balaban J connectivity index is 1.93. The van der Waals surface area contributed by atoms with Gasteiger partial charge in [0.2, 0.25) is 0 Å². The molecule has 0 aliphatic heterocycles. The van der Waals surface area contributed by atoms with Gasteiger partial charge in [-0.1, -0.05) is 0 Å². The lowest BCUT2D eigenvalue weighted by Crippen LogP contribution is -2.21. The maximum absolute atomic E-state index is 5.00. The molecule has 0 radical (unpaired) electrons. The van der Waals surface area contributed by atoms with Crippen LogP contribution in [0, 0.1) is 0 Å². The summed E-state index contributed by atoms with van der Waals surface area (Å²) in [7, 11) is 1.70. The lowest BCUT2D eigenvalue weighted by atomic mass is 10.3. The van der Waals surface area contributed by atoms with E-state index in [0.29, 0.717) is 13.2 Å². The summed E-state index contributed by atoms with van der Waals surface area (Å²) < 4.78 is 7.94. The second-order valence-electron chi connectivity index (χ2n) is 4.12. The van der Waals surface area contributed by atoms with Crippen LogP contribution in [0.15, 0.2) is 35.1 Å². The lowest BCUT2D eigenvalue weighted by Gasteiger charge is -2.08. The molecule has 2 aromatic heterocycles. The van der Waals surface area contributed by atoms with Gasteiger partial charge in [-0.05, 0) is 34.1 Å². The molecular formula is C13H17BrN4O. The highest BCUT2D eigenvalue weighted by Crippen LogP contribution is 2.09. The third-order valence-electron chi connectivity index (χ3n) is 2.69. The van der Waals surface area contributed by atoms with Gasteiger partial charge in [-0.2, -0.15) is 5.10 Å². The second kappa shape index (κ2) is 7.37. The Kier molecular flexibility index (Phi) is 5.50. The predicted octanol–water partition coefficient (Wildman–Crippen LogP) is 1.82. The number of nitrogens with one attached hydrogen (secondary N) is 1. The Morgan fingerprint density at radius 3 is 3.00 bits per heavy atom. The zero-order valence-electron chi connectivity index (χ0n) is 10.8. The van der Waals surface area contributed by atoms with E-state index in [1.165, 1.54) is 0 Å². The van der Waals surface area contributed by atoms with E-state index in [2.05, 4.69) is 31.3 Å². The maximum atomic E-state index is 5.00. The fourth-order valence-corrected chi connectivity index (χ4v) is 1.93. The van der Waals surface area contributed by atoms with Crippen molar-refractivity contribution in [2.24, 2.45) is 0 Å². The fraction of sp³-hybridized carbons (Fsp3) is 0.385. The normalized spacial score (nSPS) is 10.8. The SMILES string of the molecule is COCCNCc1ccnn1Cc1ccc(Br)cn1. The van der Waals surface area contributed by atoms with Crippen molar-refractivity contribution in [3.8, 4) is 0 Å². The van der Waals surface area contributed by atoms with Crippen molar-refractivity contribution in [2.75, 3.05) is 20.3 Å². The van der Waals surface area contributed by atoms with E-state index < -0.39 is 0 Å². The third kappa shape index (κ3) is 4.41. The minimum absolute atomic E-state index is 0.682. The molecule has 0 saturated carbocycles. The number of aromatic nitrogens is 3. The van der Waals surface area contributed by atoms with Crippen molar-refractivity contribution >= 4 is 15.9 Å². The molecule has 102 valence electrons. The van der Waals surface area contributed by atoms with E-state index in [1.807, 2.05) is 29.1 Å². The zero-order valence-corrected chi connectivity index (χ0v) is 12.4. The zero-order chi connectivity index (χ0) is 13.5. The number of hydrogen-bond donors (Lipinski definition) is 1. The van der Waals surface area contributed by atoms with Gasteiger partial charge in [0.1, 0.15) is 0 Å². The number of ether oxygens (including phenoxy) is 1. The average molecular weight is 325 g/mol. The van der Waals surface area contributed by atoms with Gasteiger partial charge in [-0.3, -0.25) is 9.67 Å². The molecule has 0 aromatic carbocycles. The molecule has 19 heavy (non-hydrogen) atoms. The summed E-state index contributed by atoms with van der Waals surface area (Å²) in [6.07, 6.45) is 3.61. The molecule has 0 saturated heterocycles. The number of methoxy groups -OCH3 is 1. The van der Waals surface area contributed by atoms with Crippen molar-refractivity contribution in [3.63, 3.8) is 0 Å². The first-order valence-electron chi connectivity index (χ1n) is 6.10. The summed E-state index contributed by atoms with van der Waals surface area (Å²) >= 11 is 3.38. The Morgan fingerprint density at radius 1 is 1.37 bits per heavy atom. The number of pyridine rings is 1. The van der Waals surface area contributed by atoms with Gasteiger partial charge in [0.25, 0.3) is 0 Å². The first-order valence-corrected chi connectivity index (χ1v) is 6.89. The quantitative estimate of drug-likeness (QED) is 0.789. The number of halogens is 1. The molecule has 0 fully saturated rings. The molecule has 0 spiro atoms. The minimum atomic E-state index is 0.682. The maximum Gasteiger partial charge on any atom is 0.0835 e. The predicted molar refractivity (Wildman–Crippen MR) is 76.8 cm³/mol. The number of rotatable bonds is 7. The molecule has 2 heterocycles. The van der Waals surface area contributed by atoms with Crippen molar-refractivity contribution in [3.05, 3.63) is 46.5 Å². The molecule has 5 nitrogen and oxygen atoms in total. The van der Waals surface area contributed by atoms with Gasteiger partial charge in [0.15, 0.2) is 0 Å². The first kappa shape index (κ1) is 14.2. The van der Waals surface area contributed by atoms with Crippen LogP contribution in [0.5, 0.6) is 0 Å². The molecule has 0 atom stereocenters. The second-order valence-corrected chi connectivity index (χ2v) is 5.03. The van der Waals surface area contributed by atoms with Gasteiger partial charge in [-0.15, -0.1) is 0 Å². The van der Waals surface area contributed by atoms with Crippen LogP contribution in [0.3, 0.4) is 0 Å². The summed E-state index contributed by atoms with van der Waals surface area (Å²) in [6.45, 7) is 3.00. The van der Waals surface area contributed by atoms with Gasteiger partial charge in [0.05, 0.1) is 24.5 Å². The van der Waals surface area contributed by atoms with Crippen LogP contribution in [-0.2, 0) is 17.8 Å². The molecule has 6 heteroatoms. The smallest absolute Gasteiger partial charge is 0.0835 e. The lowest BCUT2D eigenvalue weighted by molar-refractivity contribution is 0.199. The Labute approximate surface area is 121 Å². The van der Waals surface area contributed by atoms with Crippen molar-refractivity contribution < 1.29 is 4.74 Å². The Bertz CT molecular complexity index is 498. The molecule has 2 aromatic rings. The minimum Gasteiger partial charge on any atom is -0.383 e. The van der Waals surface area contributed by atoms with Crippen LogP contribution in [-0.4, -0.2) is 35.0 Å². The molecule has 0 bridgehead atoms. The molecule has 0 aliphatic rings. The fourth-order valence-electron chi connectivity index (χ4n) is 1.70. The van der Waals surface area contributed by atoms with E-state index in [0.717, 1.165) is 29.0 Å². The summed E-state index contributed by atoms with van der Waals surface area (Å²) in [4.78, 5) is 4.36. The highest BCUT2D eigenvalue weighted by atomic mass is 79.9. The number of hydrogen-bond acceptors (Lipinski definition) is 4. The summed E-state index contributed by atoms with van der Waals surface area (Å²) in [6, 6.07) is 5.99. The van der Waals surface area contributed by atoms with Crippen LogP contribution in [0.25, 0.3) is 0 Å². The van der Waals surface area contributed by atoms with Crippen molar-refractivity contribution in [1.29, 1.82) is 0 Å². The number of nitrogens with zero attached hydrogens (tertiary/aromatic N) is 3. The highest BCUT2D eigenvalue weighted by molar-refractivity contribution is 9.10. The average Bonchev–Trinajstić information content (AvgIpc) is 2.85. The summed E-state index contributed by atoms with van der Waals surface area (Å²) in [5.41, 5.74) is 2.13. The molecular weight excluding hydrogens is 308 g/mol. The topological polar surface area (TPSA) is 52.0 Å². The molecule has 2 rings (SSSR count). The van der Waals surface area contributed by atoms with Gasteiger partial charge >= 0.3 is 0 Å². The molecule has 0 aliphatic carbocycles. The Hall–Kier alpha value is -1.24. The highest BCUT2D eigenvalue weighted by Gasteiger charge is 2.04. The van der Waals surface area contributed by atoms with Crippen LogP contribution >= 0.6 is 15.9 Å². The van der Waals surface area contributed by atoms with E-state index >= 15 is 0 Å². The van der Waals surface area contributed by atoms with E-state index in [4.69, 9.17) is 4.74 Å². The van der Waals surface area contributed by atoms with Gasteiger partial charge in [0, 0.05) is 37.1 Å². The summed E-state index contributed by atoms with van der Waals surface area (Å²) in [5, 5.41) is 7.64. The van der Waals surface area contributed by atoms with Crippen molar-refractivity contribution in [1.82, 2.24) is 20.1 Å². The Morgan fingerprint density at radius 2 is 2.26 bits per heavy atom. The molecule has 0 amide bonds. The van der Waals surface area contributed by atoms with E-state index in [9.17, 15) is 0 Å². The standard InChI is InChI=1S/C13H17BrN4O/c1-19-7-6-15-9-13-4-5-17-18(13)10-12-3-2-11(14)8-16-12/h2-5,8,15H,6-7,9-10H2,1H3. The largest absolute Gasteiger partial charge is 0.383 e. The van der Waals surface area contributed by atoms with E-state index in [-0.39, 0.29) is 0 Å². The van der Waals surface area contributed by atoms with Crippen LogP contribution in [0.4, 0.5) is 0 Å². The van der Waals surface area contributed by atoms with Gasteiger partial charge < -0.3 is 10.1 Å². The third-order valence-corrected chi connectivity index (χ3v) is 3.16.